The summed E-state index contributed by atoms with van der Waals surface area (Å²) in [6.45, 7) is 0. The summed E-state index contributed by atoms with van der Waals surface area (Å²) in [5.74, 6) is 0.862. The summed E-state index contributed by atoms with van der Waals surface area (Å²) in [7, 11) is 0. The summed E-state index contributed by atoms with van der Waals surface area (Å²) in [5.41, 5.74) is 4.75. The van der Waals surface area contributed by atoms with Crippen LogP contribution in [0.5, 0.6) is 0 Å². The Balaban J connectivity index is 2.24. The molecule has 0 heterocycles. The van der Waals surface area contributed by atoms with E-state index in [1.54, 1.807) is 11.1 Å². The van der Waals surface area contributed by atoms with Crippen molar-refractivity contribution in [1.29, 1.82) is 0 Å². The van der Waals surface area contributed by atoms with Crippen molar-refractivity contribution in [3.05, 3.63) is 41.0 Å². The SMILES string of the molecule is C1=Cc2cccc3c2[C@@H](CC1)CC3. The third-order valence-electron chi connectivity index (χ3n) is 3.38. The van der Waals surface area contributed by atoms with E-state index in [0.29, 0.717) is 0 Å². The molecule has 66 valence electrons. The summed E-state index contributed by atoms with van der Waals surface area (Å²) in [4.78, 5) is 0. The van der Waals surface area contributed by atoms with Crippen LogP contribution in [0.15, 0.2) is 24.3 Å². The maximum absolute atomic E-state index is 2.33. The molecular formula is C13H14. The lowest BCUT2D eigenvalue weighted by Crippen LogP contribution is -1.93. The lowest BCUT2D eigenvalue weighted by Gasteiger charge is -2.10. The third-order valence-corrected chi connectivity index (χ3v) is 3.38. The minimum Gasteiger partial charge on any atom is -0.0839 e. The van der Waals surface area contributed by atoms with Crippen LogP contribution in [0.1, 0.15) is 41.9 Å². The molecular weight excluding hydrogens is 156 g/mol. The summed E-state index contributed by atoms with van der Waals surface area (Å²) < 4.78 is 0. The molecule has 2 aliphatic rings. The van der Waals surface area contributed by atoms with Crippen LogP contribution < -0.4 is 0 Å². The number of aryl methyl sites for hydroxylation is 1. The van der Waals surface area contributed by atoms with Gasteiger partial charge in [0, 0.05) is 0 Å². The first-order chi connectivity index (χ1) is 6.45. The average molecular weight is 170 g/mol. The van der Waals surface area contributed by atoms with E-state index in [1.165, 1.54) is 31.2 Å². The van der Waals surface area contributed by atoms with Gasteiger partial charge in [-0.3, -0.25) is 0 Å². The van der Waals surface area contributed by atoms with E-state index in [4.69, 9.17) is 0 Å². The van der Waals surface area contributed by atoms with Crippen LogP contribution in [-0.2, 0) is 6.42 Å². The Labute approximate surface area is 79.3 Å². The fourth-order valence-electron chi connectivity index (χ4n) is 2.76. The molecule has 2 aliphatic carbocycles. The molecule has 3 rings (SSSR count). The van der Waals surface area contributed by atoms with Gasteiger partial charge in [0.25, 0.3) is 0 Å². The Morgan fingerprint density at radius 2 is 2.15 bits per heavy atom. The van der Waals surface area contributed by atoms with Gasteiger partial charge in [-0.15, -0.1) is 0 Å². The largest absolute Gasteiger partial charge is 0.0839 e. The monoisotopic (exact) mass is 170 g/mol. The van der Waals surface area contributed by atoms with Gasteiger partial charge in [0.1, 0.15) is 0 Å². The van der Waals surface area contributed by atoms with E-state index >= 15 is 0 Å². The van der Waals surface area contributed by atoms with Gasteiger partial charge in [-0.2, -0.15) is 0 Å². The molecule has 0 heteroatoms. The molecule has 0 aliphatic heterocycles. The lowest BCUT2D eigenvalue weighted by molar-refractivity contribution is 0.629. The van der Waals surface area contributed by atoms with Gasteiger partial charge in [-0.05, 0) is 48.3 Å². The van der Waals surface area contributed by atoms with E-state index < -0.39 is 0 Å². The summed E-state index contributed by atoms with van der Waals surface area (Å²) >= 11 is 0. The molecule has 0 saturated carbocycles. The van der Waals surface area contributed by atoms with E-state index in [2.05, 4.69) is 30.4 Å². The van der Waals surface area contributed by atoms with Crippen LogP contribution in [-0.4, -0.2) is 0 Å². The van der Waals surface area contributed by atoms with Crippen molar-refractivity contribution < 1.29 is 0 Å². The van der Waals surface area contributed by atoms with Gasteiger partial charge in [0.2, 0.25) is 0 Å². The molecule has 13 heavy (non-hydrogen) atoms. The summed E-state index contributed by atoms with van der Waals surface area (Å²) in [5, 5.41) is 0. The summed E-state index contributed by atoms with van der Waals surface area (Å²) in [6.07, 6.45) is 9.95. The van der Waals surface area contributed by atoms with Crippen molar-refractivity contribution in [2.75, 3.05) is 0 Å². The molecule has 0 unspecified atom stereocenters. The Morgan fingerprint density at radius 3 is 3.15 bits per heavy atom. The number of rotatable bonds is 0. The minimum absolute atomic E-state index is 0.862. The van der Waals surface area contributed by atoms with Crippen molar-refractivity contribution in [2.24, 2.45) is 0 Å². The second kappa shape index (κ2) is 2.73. The third kappa shape index (κ3) is 1.05. The molecule has 1 aromatic carbocycles. The Bertz CT molecular complexity index is 360. The van der Waals surface area contributed by atoms with Gasteiger partial charge < -0.3 is 0 Å². The standard InChI is InChI=1S/C13H14/c1-2-5-11-8-9-12-7-3-6-10(4-1)13(11)12/h1,3-4,6-7,11H,2,5,8-9H2/t11-/m0/s1. The minimum atomic E-state index is 0.862. The fraction of sp³-hybridized carbons (Fsp3) is 0.385. The summed E-state index contributed by atoms with van der Waals surface area (Å²) in [6, 6.07) is 6.77. The zero-order valence-corrected chi connectivity index (χ0v) is 7.79. The zero-order chi connectivity index (χ0) is 8.67. The number of hydrogen-bond acceptors (Lipinski definition) is 0. The lowest BCUT2D eigenvalue weighted by atomic mass is 9.94. The van der Waals surface area contributed by atoms with Crippen LogP contribution in [0.3, 0.4) is 0 Å². The van der Waals surface area contributed by atoms with E-state index in [0.717, 1.165) is 5.92 Å². The molecule has 0 N–H and O–H groups in total. The highest BCUT2D eigenvalue weighted by molar-refractivity contribution is 5.59. The maximum Gasteiger partial charge on any atom is -0.0147 e. The second-order valence-corrected chi connectivity index (χ2v) is 4.14. The first-order valence-electron chi connectivity index (χ1n) is 5.23. The fourth-order valence-corrected chi connectivity index (χ4v) is 2.76. The predicted molar refractivity (Wildman–Crippen MR) is 55.8 cm³/mol. The average Bonchev–Trinajstić information content (AvgIpc) is 2.44. The molecule has 1 atom stereocenters. The molecule has 0 nitrogen and oxygen atoms in total. The zero-order valence-electron chi connectivity index (χ0n) is 7.79. The number of hydrogen-bond donors (Lipinski definition) is 0. The molecule has 0 radical (unpaired) electrons. The topological polar surface area (TPSA) is 0 Å². The smallest absolute Gasteiger partial charge is 0.0147 e. The van der Waals surface area contributed by atoms with Crippen LogP contribution >= 0.6 is 0 Å². The molecule has 0 aromatic heterocycles. The molecule has 0 fully saturated rings. The van der Waals surface area contributed by atoms with Gasteiger partial charge in [0.15, 0.2) is 0 Å². The highest BCUT2D eigenvalue weighted by Gasteiger charge is 2.24. The number of allylic oxidation sites excluding steroid dienone is 1. The van der Waals surface area contributed by atoms with E-state index in [9.17, 15) is 0 Å². The van der Waals surface area contributed by atoms with Crippen molar-refractivity contribution >= 4 is 6.08 Å². The normalized spacial score (nSPS) is 24.2. The highest BCUT2D eigenvalue weighted by atomic mass is 14.3. The van der Waals surface area contributed by atoms with Gasteiger partial charge in [-0.1, -0.05) is 30.4 Å². The predicted octanol–water partition coefficient (Wildman–Crippen LogP) is 3.52. The van der Waals surface area contributed by atoms with Crippen molar-refractivity contribution in [3.8, 4) is 0 Å². The van der Waals surface area contributed by atoms with E-state index in [-0.39, 0.29) is 0 Å². The maximum atomic E-state index is 2.33. The molecule has 0 saturated heterocycles. The quantitative estimate of drug-likeness (QED) is 0.559. The Hall–Kier alpha value is -1.04. The molecule has 1 aromatic rings. The van der Waals surface area contributed by atoms with Crippen LogP contribution in [0.4, 0.5) is 0 Å². The van der Waals surface area contributed by atoms with Crippen molar-refractivity contribution in [1.82, 2.24) is 0 Å². The number of benzene rings is 1. The molecule has 0 spiro atoms. The van der Waals surface area contributed by atoms with E-state index in [1.807, 2.05) is 0 Å². The first-order valence-corrected chi connectivity index (χ1v) is 5.23. The van der Waals surface area contributed by atoms with Crippen LogP contribution in [0.2, 0.25) is 0 Å². The van der Waals surface area contributed by atoms with Gasteiger partial charge >= 0.3 is 0 Å². The Kier molecular flexibility index (Phi) is 1.55. The second-order valence-electron chi connectivity index (χ2n) is 4.14. The van der Waals surface area contributed by atoms with Gasteiger partial charge in [-0.25, -0.2) is 0 Å². The van der Waals surface area contributed by atoms with Gasteiger partial charge in [0.05, 0.1) is 0 Å². The van der Waals surface area contributed by atoms with Crippen molar-refractivity contribution in [2.45, 2.75) is 31.6 Å². The Morgan fingerprint density at radius 1 is 1.15 bits per heavy atom. The van der Waals surface area contributed by atoms with Crippen LogP contribution in [0.25, 0.3) is 6.08 Å². The first kappa shape index (κ1) is 7.37. The highest BCUT2D eigenvalue weighted by Crippen LogP contribution is 2.40. The molecule has 0 amide bonds. The van der Waals surface area contributed by atoms with Crippen LogP contribution in [0, 0.1) is 0 Å². The van der Waals surface area contributed by atoms with Crippen molar-refractivity contribution in [3.63, 3.8) is 0 Å². The molecule has 0 bridgehead atoms.